The highest BCUT2D eigenvalue weighted by molar-refractivity contribution is 7.98. The zero-order valence-electron chi connectivity index (χ0n) is 17.8. The van der Waals surface area contributed by atoms with Crippen molar-refractivity contribution in [3.05, 3.63) is 59.9 Å². The van der Waals surface area contributed by atoms with Gasteiger partial charge in [-0.3, -0.25) is 4.79 Å². The number of hydrogen-bond donors (Lipinski definition) is 1. The van der Waals surface area contributed by atoms with Crippen LogP contribution in [0.4, 0.5) is 10.1 Å². The number of piperazine rings is 1. The average molecular weight is 466 g/mol. The van der Waals surface area contributed by atoms with Crippen LogP contribution >= 0.6 is 11.8 Å². The highest BCUT2D eigenvalue weighted by Gasteiger charge is 2.31. The standard InChI is InChI=1S/C22H28FN3O3S2/c1-17-7-9-18(10-8-17)31(28,29)24-20(11-16-30-2)22(27)26-14-12-25(13-15-26)21-6-4-3-5-19(21)23/h3-10,20,24H,11-16H2,1-2H3. The summed E-state index contributed by atoms with van der Waals surface area (Å²) in [5.74, 6) is 0.131. The molecule has 2 aromatic carbocycles. The molecule has 1 saturated heterocycles. The van der Waals surface area contributed by atoms with E-state index < -0.39 is 16.1 Å². The number of nitrogens with zero attached hydrogens (tertiary/aromatic N) is 2. The van der Waals surface area contributed by atoms with Gasteiger partial charge in [0.15, 0.2) is 0 Å². The normalized spacial score (nSPS) is 15.7. The summed E-state index contributed by atoms with van der Waals surface area (Å²) in [6.07, 6.45) is 2.32. The quantitative estimate of drug-likeness (QED) is 0.649. The zero-order chi connectivity index (χ0) is 22.4. The van der Waals surface area contributed by atoms with Crippen molar-refractivity contribution in [3.63, 3.8) is 0 Å². The van der Waals surface area contributed by atoms with Crippen LogP contribution in [-0.2, 0) is 14.8 Å². The van der Waals surface area contributed by atoms with Crippen molar-refractivity contribution in [1.82, 2.24) is 9.62 Å². The van der Waals surface area contributed by atoms with E-state index in [0.717, 1.165) is 5.56 Å². The van der Waals surface area contributed by atoms with Gasteiger partial charge in [-0.2, -0.15) is 16.5 Å². The van der Waals surface area contributed by atoms with Gasteiger partial charge in [-0.25, -0.2) is 12.8 Å². The van der Waals surface area contributed by atoms with Gasteiger partial charge < -0.3 is 9.80 Å². The Morgan fingerprint density at radius 1 is 1.10 bits per heavy atom. The van der Waals surface area contributed by atoms with Gasteiger partial charge in [-0.05, 0) is 49.6 Å². The first kappa shape index (κ1) is 23.6. The SMILES string of the molecule is CSCCC(NS(=O)(=O)c1ccc(C)cc1)C(=O)N1CCN(c2ccccc2F)CC1. The monoisotopic (exact) mass is 465 g/mol. The molecule has 0 saturated carbocycles. The summed E-state index contributed by atoms with van der Waals surface area (Å²) < 4.78 is 42.4. The average Bonchev–Trinajstić information content (AvgIpc) is 2.77. The number of para-hydroxylation sites is 1. The number of halogens is 1. The van der Waals surface area contributed by atoms with E-state index >= 15 is 0 Å². The fraction of sp³-hybridized carbons (Fsp3) is 0.409. The number of thioether (sulfide) groups is 1. The molecule has 0 bridgehead atoms. The first-order chi connectivity index (χ1) is 14.8. The van der Waals surface area contributed by atoms with E-state index in [0.29, 0.717) is 44.0 Å². The molecule has 9 heteroatoms. The van der Waals surface area contributed by atoms with Crippen molar-refractivity contribution in [1.29, 1.82) is 0 Å². The van der Waals surface area contributed by atoms with Gasteiger partial charge in [0.2, 0.25) is 15.9 Å². The van der Waals surface area contributed by atoms with Crippen molar-refractivity contribution in [2.75, 3.05) is 43.1 Å². The number of amides is 1. The molecule has 0 radical (unpaired) electrons. The van der Waals surface area contributed by atoms with E-state index in [1.165, 1.54) is 6.07 Å². The van der Waals surface area contributed by atoms with Crippen LogP contribution in [0.1, 0.15) is 12.0 Å². The maximum absolute atomic E-state index is 14.1. The van der Waals surface area contributed by atoms with Crippen molar-refractivity contribution < 1.29 is 17.6 Å². The van der Waals surface area contributed by atoms with Gasteiger partial charge >= 0.3 is 0 Å². The molecule has 0 spiro atoms. The Balaban J connectivity index is 1.69. The molecule has 1 aliphatic heterocycles. The molecule has 1 unspecified atom stereocenters. The molecule has 31 heavy (non-hydrogen) atoms. The molecular formula is C22H28FN3O3S2. The number of hydrogen-bond acceptors (Lipinski definition) is 5. The third kappa shape index (κ3) is 5.99. The number of rotatable bonds is 8. The minimum Gasteiger partial charge on any atom is -0.366 e. The zero-order valence-corrected chi connectivity index (χ0v) is 19.4. The largest absolute Gasteiger partial charge is 0.366 e. The lowest BCUT2D eigenvalue weighted by Crippen LogP contribution is -2.55. The molecule has 1 N–H and O–H groups in total. The first-order valence-electron chi connectivity index (χ1n) is 10.2. The highest BCUT2D eigenvalue weighted by Crippen LogP contribution is 2.21. The minimum absolute atomic E-state index is 0.143. The van der Waals surface area contributed by atoms with E-state index in [-0.39, 0.29) is 16.6 Å². The van der Waals surface area contributed by atoms with Crippen LogP contribution < -0.4 is 9.62 Å². The van der Waals surface area contributed by atoms with Crippen LogP contribution in [0.25, 0.3) is 0 Å². The van der Waals surface area contributed by atoms with Gasteiger partial charge in [-0.1, -0.05) is 29.8 Å². The Morgan fingerprint density at radius 3 is 2.35 bits per heavy atom. The fourth-order valence-corrected chi connectivity index (χ4v) is 5.23. The molecule has 1 heterocycles. The summed E-state index contributed by atoms with van der Waals surface area (Å²) in [4.78, 5) is 16.9. The molecule has 0 aromatic heterocycles. The molecule has 6 nitrogen and oxygen atoms in total. The molecule has 2 aromatic rings. The van der Waals surface area contributed by atoms with Gasteiger partial charge in [0.05, 0.1) is 10.6 Å². The maximum Gasteiger partial charge on any atom is 0.241 e. The predicted octanol–water partition coefficient (Wildman–Crippen LogP) is 2.88. The Hall–Kier alpha value is -2.10. The molecule has 168 valence electrons. The Bertz CT molecular complexity index is 991. The Labute approximate surface area is 187 Å². The molecule has 1 amide bonds. The van der Waals surface area contributed by atoms with Crippen LogP contribution in [0.15, 0.2) is 53.4 Å². The number of anilines is 1. The first-order valence-corrected chi connectivity index (χ1v) is 13.1. The van der Waals surface area contributed by atoms with E-state index in [9.17, 15) is 17.6 Å². The third-order valence-corrected chi connectivity index (χ3v) is 7.45. The lowest BCUT2D eigenvalue weighted by molar-refractivity contribution is -0.133. The predicted molar refractivity (Wildman–Crippen MR) is 123 cm³/mol. The van der Waals surface area contributed by atoms with Crippen molar-refractivity contribution in [2.45, 2.75) is 24.3 Å². The number of carbonyl (C=O) groups is 1. The summed E-state index contributed by atoms with van der Waals surface area (Å²) in [7, 11) is -3.82. The van der Waals surface area contributed by atoms with E-state index in [1.54, 1.807) is 59.1 Å². The second-order valence-corrected chi connectivity index (χ2v) is 10.2. The number of sulfonamides is 1. The Kier molecular flexibility index (Phi) is 7.96. The lowest BCUT2D eigenvalue weighted by atomic mass is 10.2. The van der Waals surface area contributed by atoms with Crippen LogP contribution in [0.2, 0.25) is 0 Å². The van der Waals surface area contributed by atoms with Gasteiger partial charge in [0.1, 0.15) is 11.9 Å². The summed E-state index contributed by atoms with van der Waals surface area (Å²) in [6.45, 7) is 3.69. The second kappa shape index (κ2) is 10.5. The van der Waals surface area contributed by atoms with Gasteiger partial charge in [0.25, 0.3) is 0 Å². The molecule has 1 atom stereocenters. The number of aryl methyl sites for hydroxylation is 1. The third-order valence-electron chi connectivity index (χ3n) is 5.32. The van der Waals surface area contributed by atoms with Crippen molar-refractivity contribution >= 4 is 33.4 Å². The van der Waals surface area contributed by atoms with Crippen LogP contribution in [-0.4, -0.2) is 63.5 Å². The summed E-state index contributed by atoms with van der Waals surface area (Å²) >= 11 is 1.56. The van der Waals surface area contributed by atoms with E-state index in [2.05, 4.69) is 4.72 Å². The fourth-order valence-electron chi connectivity index (χ4n) is 3.54. The number of benzene rings is 2. The summed E-state index contributed by atoms with van der Waals surface area (Å²) in [5.41, 5.74) is 1.48. The second-order valence-electron chi connectivity index (χ2n) is 7.53. The van der Waals surface area contributed by atoms with Crippen LogP contribution in [0.3, 0.4) is 0 Å². The number of carbonyl (C=O) groups excluding carboxylic acids is 1. The van der Waals surface area contributed by atoms with Crippen LogP contribution in [0, 0.1) is 12.7 Å². The van der Waals surface area contributed by atoms with Crippen molar-refractivity contribution in [3.8, 4) is 0 Å². The number of nitrogens with one attached hydrogen (secondary N) is 1. The smallest absolute Gasteiger partial charge is 0.241 e. The summed E-state index contributed by atoms with van der Waals surface area (Å²) in [6, 6.07) is 12.3. The minimum atomic E-state index is -3.82. The van der Waals surface area contributed by atoms with Gasteiger partial charge in [0, 0.05) is 26.2 Å². The molecular weight excluding hydrogens is 437 g/mol. The lowest BCUT2D eigenvalue weighted by Gasteiger charge is -2.37. The maximum atomic E-state index is 14.1. The van der Waals surface area contributed by atoms with E-state index in [4.69, 9.17) is 0 Å². The molecule has 3 rings (SSSR count). The van der Waals surface area contributed by atoms with E-state index in [1.807, 2.05) is 18.1 Å². The Morgan fingerprint density at radius 2 is 1.74 bits per heavy atom. The summed E-state index contributed by atoms with van der Waals surface area (Å²) in [5, 5.41) is 0. The molecule has 0 aliphatic carbocycles. The topological polar surface area (TPSA) is 69.7 Å². The highest BCUT2D eigenvalue weighted by atomic mass is 32.2. The molecule has 1 fully saturated rings. The molecule has 1 aliphatic rings. The van der Waals surface area contributed by atoms with Crippen molar-refractivity contribution in [2.24, 2.45) is 0 Å². The van der Waals surface area contributed by atoms with Gasteiger partial charge in [-0.15, -0.1) is 0 Å². The van der Waals surface area contributed by atoms with Crippen LogP contribution in [0.5, 0.6) is 0 Å².